The van der Waals surface area contributed by atoms with Gasteiger partial charge in [0.1, 0.15) is 11.6 Å². The summed E-state index contributed by atoms with van der Waals surface area (Å²) in [7, 11) is -2.97. The molecule has 0 aliphatic heterocycles. The van der Waals surface area contributed by atoms with Gasteiger partial charge in [0.25, 0.3) is 5.91 Å². The van der Waals surface area contributed by atoms with Gasteiger partial charge in [-0.15, -0.1) is 0 Å². The average Bonchev–Trinajstić information content (AvgIpc) is 2.60. The largest absolute Gasteiger partial charge is 0.444 e. The molecule has 0 saturated carbocycles. The molecule has 0 fully saturated rings. The number of nitrogens with zero attached hydrogens (tertiary/aromatic N) is 1. The first-order valence-corrected chi connectivity index (χ1v) is 11.7. The van der Waals surface area contributed by atoms with Gasteiger partial charge in [-0.25, -0.2) is 9.00 Å². The van der Waals surface area contributed by atoms with Crippen molar-refractivity contribution in [3.05, 3.63) is 64.6 Å². The van der Waals surface area contributed by atoms with Crippen LogP contribution in [0.5, 0.6) is 0 Å². The lowest BCUT2D eigenvalue weighted by Gasteiger charge is -2.22. The molecule has 6 nitrogen and oxygen atoms in total. The minimum atomic E-state index is -2.97. The molecule has 156 valence electrons. The first-order chi connectivity index (χ1) is 13.5. The zero-order valence-electron chi connectivity index (χ0n) is 16.8. The van der Waals surface area contributed by atoms with Crippen molar-refractivity contribution in [2.75, 3.05) is 6.26 Å². The molecule has 8 heteroatoms. The lowest BCUT2D eigenvalue weighted by molar-refractivity contribution is -0.119. The van der Waals surface area contributed by atoms with Crippen molar-refractivity contribution in [2.24, 2.45) is 4.36 Å². The Labute approximate surface area is 180 Å². The van der Waals surface area contributed by atoms with E-state index in [0.29, 0.717) is 4.90 Å². The summed E-state index contributed by atoms with van der Waals surface area (Å²) in [5, 5.41) is 2.57. The maximum absolute atomic E-state index is 13.0. The predicted octanol–water partition coefficient (Wildman–Crippen LogP) is 4.57. The summed E-state index contributed by atoms with van der Waals surface area (Å²) in [6.45, 7) is 5.20. The fourth-order valence-corrected chi connectivity index (χ4v) is 3.96. The van der Waals surface area contributed by atoms with E-state index in [1.807, 2.05) is 30.3 Å². The summed E-state index contributed by atoms with van der Waals surface area (Å²) < 4.78 is 23.1. The molecule has 0 spiro atoms. The monoisotopic (exact) mass is 480 g/mol. The van der Waals surface area contributed by atoms with Crippen molar-refractivity contribution in [1.29, 1.82) is 0 Å². The van der Waals surface area contributed by atoms with Crippen LogP contribution in [-0.4, -0.2) is 34.1 Å². The fourth-order valence-electron chi connectivity index (χ4n) is 2.47. The Hall–Kier alpha value is -2.19. The van der Waals surface area contributed by atoms with E-state index in [4.69, 9.17) is 4.74 Å². The molecule has 2 rings (SSSR count). The van der Waals surface area contributed by atoms with Crippen molar-refractivity contribution >= 4 is 37.7 Å². The number of alkyl carbamates (subject to hydrolysis) is 1. The number of ether oxygens (including phenoxy) is 1. The van der Waals surface area contributed by atoms with Crippen LogP contribution in [0.25, 0.3) is 0 Å². The smallest absolute Gasteiger partial charge is 0.408 e. The van der Waals surface area contributed by atoms with E-state index in [9.17, 15) is 13.8 Å². The van der Waals surface area contributed by atoms with E-state index >= 15 is 0 Å². The Bertz CT molecular complexity index is 976. The summed E-state index contributed by atoms with van der Waals surface area (Å²) in [4.78, 5) is 25.5. The number of hydrogen-bond donors (Lipinski definition) is 1. The normalized spacial score (nSPS) is 14.4. The van der Waals surface area contributed by atoms with Crippen LogP contribution in [0.15, 0.2) is 68.3 Å². The molecule has 29 heavy (non-hydrogen) atoms. The van der Waals surface area contributed by atoms with E-state index in [2.05, 4.69) is 25.6 Å². The lowest BCUT2D eigenvalue weighted by Crippen LogP contribution is -2.44. The molecule has 0 unspecified atom stereocenters. The number of amides is 2. The molecule has 0 saturated heterocycles. The number of benzene rings is 2. The quantitative estimate of drug-likeness (QED) is 0.678. The third-order valence-electron chi connectivity index (χ3n) is 3.79. The molecular weight excluding hydrogens is 456 g/mol. The Balaban J connectivity index is 2.30. The maximum Gasteiger partial charge on any atom is 0.408 e. The molecule has 0 radical (unpaired) electrons. The second-order valence-corrected chi connectivity index (χ2v) is 10.7. The first-order valence-electron chi connectivity index (χ1n) is 9.01. The SMILES string of the molecule is CC(C)(C)OC(=O)N[C@@H](Cc1ccccc1)C(=O)N=[S@@](C)(=O)c1ccc(Br)cc1. The second-order valence-electron chi connectivity index (χ2n) is 7.57. The van der Waals surface area contributed by atoms with Crippen molar-refractivity contribution in [3.63, 3.8) is 0 Å². The summed E-state index contributed by atoms with van der Waals surface area (Å²) in [5.41, 5.74) is 0.125. The van der Waals surface area contributed by atoms with E-state index in [1.54, 1.807) is 45.0 Å². The number of rotatable bonds is 5. The molecule has 0 aliphatic rings. The van der Waals surface area contributed by atoms with Gasteiger partial charge in [-0.1, -0.05) is 46.3 Å². The molecule has 0 aromatic heterocycles. The molecule has 2 amide bonds. The Kier molecular flexibility index (Phi) is 7.60. The van der Waals surface area contributed by atoms with Crippen molar-refractivity contribution < 1.29 is 18.5 Å². The number of hydrogen-bond acceptors (Lipinski definition) is 4. The summed E-state index contributed by atoms with van der Waals surface area (Å²) in [6, 6.07) is 15.0. The van der Waals surface area contributed by atoms with Gasteiger partial charge in [0.15, 0.2) is 0 Å². The van der Waals surface area contributed by atoms with E-state index in [0.717, 1.165) is 10.0 Å². The third-order valence-corrected chi connectivity index (χ3v) is 5.99. The Morgan fingerprint density at radius 3 is 2.24 bits per heavy atom. The lowest BCUT2D eigenvalue weighted by atomic mass is 10.1. The van der Waals surface area contributed by atoms with Gasteiger partial charge in [0.2, 0.25) is 0 Å². The average molecular weight is 481 g/mol. The molecule has 0 bridgehead atoms. The van der Waals surface area contributed by atoms with E-state index in [-0.39, 0.29) is 6.42 Å². The van der Waals surface area contributed by atoms with E-state index < -0.39 is 33.4 Å². The van der Waals surface area contributed by atoms with Crippen molar-refractivity contribution in [3.8, 4) is 0 Å². The van der Waals surface area contributed by atoms with Crippen LogP contribution < -0.4 is 5.32 Å². The molecular formula is C21H25BrN2O4S. The van der Waals surface area contributed by atoms with Crippen LogP contribution >= 0.6 is 15.9 Å². The number of halogens is 1. The van der Waals surface area contributed by atoms with Crippen molar-refractivity contribution in [2.45, 2.75) is 43.7 Å². The second kappa shape index (κ2) is 9.54. The van der Waals surface area contributed by atoms with Gasteiger partial charge >= 0.3 is 6.09 Å². The summed E-state index contributed by atoms with van der Waals surface area (Å²) in [6.07, 6.45) is 0.882. The van der Waals surface area contributed by atoms with Crippen LogP contribution in [0.3, 0.4) is 0 Å². The van der Waals surface area contributed by atoms with Crippen LogP contribution in [0.1, 0.15) is 26.3 Å². The van der Waals surface area contributed by atoms with Crippen LogP contribution in [0.4, 0.5) is 4.79 Å². The molecule has 2 atom stereocenters. The van der Waals surface area contributed by atoms with Gasteiger partial charge in [0.05, 0.1) is 9.73 Å². The Morgan fingerprint density at radius 2 is 1.69 bits per heavy atom. The fraction of sp³-hybridized carbons (Fsp3) is 0.333. The number of carbonyl (C=O) groups excluding carboxylic acids is 2. The molecule has 0 aliphatic carbocycles. The van der Waals surface area contributed by atoms with Crippen LogP contribution in [-0.2, 0) is 25.7 Å². The van der Waals surface area contributed by atoms with Gasteiger partial charge in [-0.3, -0.25) is 4.79 Å². The maximum atomic E-state index is 13.0. The van der Waals surface area contributed by atoms with Gasteiger partial charge in [-0.2, -0.15) is 4.36 Å². The van der Waals surface area contributed by atoms with Crippen molar-refractivity contribution in [1.82, 2.24) is 5.32 Å². The summed E-state index contributed by atoms with van der Waals surface area (Å²) in [5.74, 6) is -0.671. The minimum absolute atomic E-state index is 0.207. The zero-order valence-corrected chi connectivity index (χ0v) is 19.2. The highest BCUT2D eigenvalue weighted by molar-refractivity contribution is 9.10. The topological polar surface area (TPSA) is 84.8 Å². The van der Waals surface area contributed by atoms with Gasteiger partial charge in [-0.05, 0) is 50.6 Å². The molecule has 2 aromatic rings. The zero-order chi connectivity index (χ0) is 21.7. The number of nitrogens with one attached hydrogen (secondary N) is 1. The van der Waals surface area contributed by atoms with Crippen LogP contribution in [0.2, 0.25) is 0 Å². The predicted molar refractivity (Wildman–Crippen MR) is 117 cm³/mol. The molecule has 0 heterocycles. The standard InChI is InChI=1S/C21H25BrN2O4S/c1-21(2,3)28-20(26)23-18(14-15-8-6-5-7-9-15)19(25)24-29(4,27)17-12-10-16(22)11-13-17/h5-13,18H,14H2,1-4H3,(H,23,26)/t18-,29-/m0/s1. The highest BCUT2D eigenvalue weighted by Gasteiger charge is 2.25. The third kappa shape index (κ3) is 7.62. The molecule has 2 aromatic carbocycles. The molecule has 1 N–H and O–H groups in total. The first kappa shape index (κ1) is 23.1. The minimum Gasteiger partial charge on any atom is -0.444 e. The Morgan fingerprint density at radius 1 is 1.10 bits per heavy atom. The summed E-state index contributed by atoms with van der Waals surface area (Å²) >= 11 is 3.32. The van der Waals surface area contributed by atoms with E-state index in [1.165, 1.54) is 6.26 Å². The van der Waals surface area contributed by atoms with Gasteiger partial charge in [0, 0.05) is 22.0 Å². The number of carbonyl (C=O) groups is 2. The highest BCUT2D eigenvalue weighted by Crippen LogP contribution is 2.17. The van der Waals surface area contributed by atoms with Gasteiger partial charge < -0.3 is 10.1 Å². The van der Waals surface area contributed by atoms with Crippen LogP contribution in [0, 0.1) is 0 Å². The highest BCUT2D eigenvalue weighted by atomic mass is 79.9.